The van der Waals surface area contributed by atoms with Crippen LogP contribution in [0.1, 0.15) is 50.8 Å². The molecule has 0 amide bonds. The van der Waals surface area contributed by atoms with Gasteiger partial charge in [-0.3, -0.25) is 0 Å². The van der Waals surface area contributed by atoms with Crippen LogP contribution in [0, 0.1) is 5.41 Å². The van der Waals surface area contributed by atoms with Crippen LogP contribution in [-0.4, -0.2) is 37.0 Å². The molecule has 1 saturated heterocycles. The van der Waals surface area contributed by atoms with Gasteiger partial charge in [-0.1, -0.05) is 47.6 Å². The Morgan fingerprint density at radius 3 is 2.56 bits per heavy atom. The van der Waals surface area contributed by atoms with Gasteiger partial charge in [0.25, 0.3) is 0 Å². The molecule has 2 atom stereocenters. The molecule has 1 aromatic carbocycles. The molecular weight excluding hydrogens is 512 g/mol. The molecule has 0 radical (unpaired) electrons. The van der Waals surface area contributed by atoms with Gasteiger partial charge in [0.1, 0.15) is 21.8 Å². The highest BCUT2D eigenvalue weighted by Gasteiger charge is 2.48. The van der Waals surface area contributed by atoms with Crippen molar-refractivity contribution in [2.45, 2.75) is 60.7 Å². The second kappa shape index (κ2) is 9.93. The average Bonchev–Trinajstić information content (AvgIpc) is 3.14. The zero-order chi connectivity index (χ0) is 25.5. The molecule has 1 fully saturated rings. The van der Waals surface area contributed by atoms with Crippen LogP contribution >= 0.6 is 23.4 Å². The summed E-state index contributed by atoms with van der Waals surface area (Å²) in [5, 5.41) is 1.11. The molecule has 5 rings (SSSR count). The number of benzene rings is 1. The van der Waals surface area contributed by atoms with Crippen molar-refractivity contribution in [3.05, 3.63) is 65.1 Å². The van der Waals surface area contributed by atoms with Crippen LogP contribution in [0.5, 0.6) is 0 Å². The van der Waals surface area contributed by atoms with Crippen LogP contribution in [0.4, 0.5) is 11.6 Å². The van der Waals surface area contributed by atoms with E-state index in [4.69, 9.17) is 22.3 Å². The maximum atomic E-state index is 13.1. The molecule has 7 nitrogen and oxygen atoms in total. The number of hydrogen-bond donors (Lipinski definition) is 2. The molecule has 1 aliphatic heterocycles. The Labute approximate surface area is 224 Å². The Hall–Kier alpha value is -2.20. The van der Waals surface area contributed by atoms with Crippen LogP contribution in [-0.2, 0) is 17.4 Å². The largest absolute Gasteiger partial charge is 0.384 e. The van der Waals surface area contributed by atoms with Gasteiger partial charge in [0, 0.05) is 13.1 Å². The fraction of sp³-hybridized carbons (Fsp3) is 0.423. The van der Waals surface area contributed by atoms with Crippen molar-refractivity contribution in [1.29, 1.82) is 0 Å². The van der Waals surface area contributed by atoms with Crippen molar-refractivity contribution in [3.63, 3.8) is 0 Å². The molecule has 190 valence electrons. The fourth-order valence-corrected chi connectivity index (χ4v) is 6.98. The van der Waals surface area contributed by atoms with E-state index in [1.807, 2.05) is 33.0 Å². The number of fused-ring (bicyclic) bond motifs is 1. The lowest BCUT2D eigenvalue weighted by Crippen LogP contribution is -2.48. The van der Waals surface area contributed by atoms with Crippen molar-refractivity contribution in [2.24, 2.45) is 5.41 Å². The highest BCUT2D eigenvalue weighted by Crippen LogP contribution is 2.52. The normalized spacial score (nSPS) is 19.9. The molecule has 0 bridgehead atoms. The van der Waals surface area contributed by atoms with E-state index in [1.165, 1.54) is 22.9 Å². The zero-order valence-corrected chi connectivity index (χ0v) is 23.1. The predicted octanol–water partition coefficient (Wildman–Crippen LogP) is 5.19. The lowest BCUT2D eigenvalue weighted by atomic mass is 9.73. The van der Waals surface area contributed by atoms with Gasteiger partial charge in [0.2, 0.25) is 0 Å². The number of aromatic nitrogens is 3. The van der Waals surface area contributed by atoms with E-state index in [0.29, 0.717) is 11.0 Å². The van der Waals surface area contributed by atoms with Crippen molar-refractivity contribution < 1.29 is 4.21 Å². The molecule has 10 heteroatoms. The molecule has 0 saturated carbocycles. The third-order valence-electron chi connectivity index (χ3n) is 7.05. The highest BCUT2D eigenvalue weighted by atomic mass is 35.5. The number of rotatable bonds is 5. The van der Waals surface area contributed by atoms with E-state index in [9.17, 15) is 4.21 Å². The Morgan fingerprint density at radius 2 is 1.89 bits per heavy atom. The van der Waals surface area contributed by atoms with Gasteiger partial charge in [0.05, 0.1) is 39.1 Å². The first-order valence-electron chi connectivity index (χ1n) is 12.1. The molecular formula is C26H31ClN6OS2. The van der Waals surface area contributed by atoms with Crippen molar-refractivity contribution >= 4 is 46.0 Å². The van der Waals surface area contributed by atoms with E-state index in [2.05, 4.69) is 43.9 Å². The highest BCUT2D eigenvalue weighted by molar-refractivity contribution is 7.99. The summed E-state index contributed by atoms with van der Waals surface area (Å²) in [6, 6.07) is 12.2. The molecule has 3 aromatic rings. The quantitative estimate of drug-likeness (QED) is 0.428. The average molecular weight is 543 g/mol. The third-order valence-corrected chi connectivity index (χ3v) is 9.98. The number of nitrogens with one attached hydrogen (secondary N) is 1. The van der Waals surface area contributed by atoms with Crippen LogP contribution < -0.4 is 15.4 Å². The van der Waals surface area contributed by atoms with E-state index < -0.39 is 11.0 Å². The first-order valence-corrected chi connectivity index (χ1v) is 14.4. The molecule has 36 heavy (non-hydrogen) atoms. The van der Waals surface area contributed by atoms with Crippen molar-refractivity contribution in [3.8, 4) is 0 Å². The first kappa shape index (κ1) is 25.4. The molecule has 2 aromatic heterocycles. The van der Waals surface area contributed by atoms with Crippen LogP contribution in [0.2, 0.25) is 5.15 Å². The first-order chi connectivity index (χ1) is 17.1. The van der Waals surface area contributed by atoms with Gasteiger partial charge >= 0.3 is 0 Å². The smallest absolute Gasteiger partial charge is 0.147 e. The maximum absolute atomic E-state index is 13.1. The van der Waals surface area contributed by atoms with Crippen LogP contribution in [0.15, 0.2) is 58.7 Å². The maximum Gasteiger partial charge on any atom is 0.147 e. The molecule has 1 spiro atoms. The second-order valence-corrected chi connectivity index (χ2v) is 13.9. The summed E-state index contributed by atoms with van der Waals surface area (Å²) in [6.45, 7) is 7.81. The molecule has 2 aliphatic rings. The van der Waals surface area contributed by atoms with E-state index in [-0.39, 0.29) is 16.2 Å². The summed E-state index contributed by atoms with van der Waals surface area (Å²) in [7, 11) is -1.14. The summed E-state index contributed by atoms with van der Waals surface area (Å²) < 4.78 is 16.3. The van der Waals surface area contributed by atoms with E-state index >= 15 is 0 Å². The number of nitrogens with two attached hydrogens (primary N) is 1. The number of halogens is 1. The lowest BCUT2D eigenvalue weighted by molar-refractivity contribution is 0.177. The van der Waals surface area contributed by atoms with Crippen molar-refractivity contribution in [2.75, 3.05) is 23.7 Å². The Morgan fingerprint density at radius 1 is 1.14 bits per heavy atom. The standard InChI is InChI=1S/C26H31ClN6OS2/c1-25(2,3)36(34)32-23-18-7-5-4-6-17(18)14-26(23)10-12-33(13-11-26)21-15-30-22(16-29-21)35-19-8-9-20(28)31-24(19)27/h4-9,15-16,23,32H,10-14H2,1-3H3,(H2,28,31)/t23-,36-/m1/s1. The lowest BCUT2D eigenvalue weighted by Gasteiger charge is -2.44. The van der Waals surface area contributed by atoms with Gasteiger partial charge in [-0.05, 0) is 68.7 Å². The van der Waals surface area contributed by atoms with Gasteiger partial charge < -0.3 is 10.6 Å². The second-order valence-electron chi connectivity index (χ2n) is 10.5. The number of nitrogen functional groups attached to an aromatic ring is 1. The number of piperidine rings is 1. The minimum atomic E-state index is -1.14. The van der Waals surface area contributed by atoms with E-state index in [1.54, 1.807) is 12.3 Å². The van der Waals surface area contributed by atoms with Crippen LogP contribution in [0.25, 0.3) is 0 Å². The number of pyridine rings is 1. The summed E-state index contributed by atoms with van der Waals surface area (Å²) in [5.41, 5.74) is 8.39. The molecule has 0 unspecified atom stereocenters. The van der Waals surface area contributed by atoms with Gasteiger partial charge in [-0.15, -0.1) is 0 Å². The summed E-state index contributed by atoms with van der Waals surface area (Å²) >= 11 is 7.62. The predicted molar refractivity (Wildman–Crippen MR) is 148 cm³/mol. The SMILES string of the molecule is CC(C)(C)[S@@](=O)N[C@@H]1c2ccccc2CC12CCN(c1cnc(Sc3ccc(N)nc3Cl)cn1)CC2. The monoisotopic (exact) mass is 542 g/mol. The molecule has 3 heterocycles. The molecule has 1 aliphatic carbocycles. The number of nitrogens with zero attached hydrogens (tertiary/aromatic N) is 4. The minimum Gasteiger partial charge on any atom is -0.384 e. The number of anilines is 2. The Kier molecular flexibility index (Phi) is 7.02. The fourth-order valence-electron chi connectivity index (χ4n) is 5.06. The zero-order valence-electron chi connectivity index (χ0n) is 20.7. The minimum absolute atomic E-state index is 0.0449. The summed E-state index contributed by atoms with van der Waals surface area (Å²) in [4.78, 5) is 16.5. The third kappa shape index (κ3) is 5.11. The van der Waals surface area contributed by atoms with Crippen molar-refractivity contribution in [1.82, 2.24) is 19.7 Å². The topological polar surface area (TPSA) is 97.0 Å². The van der Waals surface area contributed by atoms with E-state index in [0.717, 1.165) is 48.1 Å². The molecule has 3 N–H and O–H groups in total. The van der Waals surface area contributed by atoms with Gasteiger partial charge in [0.15, 0.2) is 0 Å². The van der Waals surface area contributed by atoms with Gasteiger partial charge in [-0.25, -0.2) is 23.9 Å². The number of hydrogen-bond acceptors (Lipinski definition) is 7. The Bertz CT molecular complexity index is 1270. The Balaban J connectivity index is 1.29. The summed E-state index contributed by atoms with van der Waals surface area (Å²) in [5.74, 6) is 1.26. The van der Waals surface area contributed by atoms with Crippen LogP contribution in [0.3, 0.4) is 0 Å². The van der Waals surface area contributed by atoms with Gasteiger partial charge in [-0.2, -0.15) is 0 Å². The summed E-state index contributed by atoms with van der Waals surface area (Å²) in [6.07, 6.45) is 6.59.